The Hall–Kier alpha value is -2.37. The van der Waals surface area contributed by atoms with Gasteiger partial charge in [-0.15, -0.1) is 0 Å². The first kappa shape index (κ1) is 17.5. The van der Waals surface area contributed by atoms with Crippen LogP contribution < -0.4 is 5.32 Å². The van der Waals surface area contributed by atoms with Crippen LogP contribution in [0.15, 0.2) is 24.3 Å². The van der Waals surface area contributed by atoms with Crippen molar-refractivity contribution in [3.8, 4) is 0 Å². The fraction of sp³-hybridized carbons (Fsp3) is 0.526. The number of anilines is 1. The highest BCUT2D eigenvalue weighted by Crippen LogP contribution is 2.30. The fourth-order valence-electron chi connectivity index (χ4n) is 2.96. The zero-order chi connectivity index (χ0) is 18.0. The largest absolute Gasteiger partial charge is 0.339 e. The lowest BCUT2D eigenvalue weighted by Gasteiger charge is -2.35. The summed E-state index contributed by atoms with van der Waals surface area (Å²) in [4.78, 5) is 40.0. The first-order valence-electron chi connectivity index (χ1n) is 8.94. The lowest BCUT2D eigenvalue weighted by molar-refractivity contribution is -0.135. The number of carbonyl (C=O) groups excluding carboxylic acids is 3. The van der Waals surface area contributed by atoms with Crippen LogP contribution in [-0.2, 0) is 9.59 Å². The Morgan fingerprint density at radius 1 is 0.960 bits per heavy atom. The molecule has 1 aromatic carbocycles. The number of rotatable bonds is 4. The van der Waals surface area contributed by atoms with Crippen molar-refractivity contribution in [2.45, 2.75) is 26.7 Å². The summed E-state index contributed by atoms with van der Waals surface area (Å²) in [5.41, 5.74) is 1.33. The van der Waals surface area contributed by atoms with Crippen molar-refractivity contribution in [2.24, 2.45) is 11.8 Å². The van der Waals surface area contributed by atoms with Gasteiger partial charge in [0.05, 0.1) is 0 Å². The van der Waals surface area contributed by atoms with Crippen LogP contribution >= 0.6 is 0 Å². The molecule has 1 aliphatic heterocycles. The Bertz CT molecular complexity index is 657. The Morgan fingerprint density at radius 2 is 1.52 bits per heavy atom. The van der Waals surface area contributed by atoms with E-state index in [4.69, 9.17) is 0 Å². The van der Waals surface area contributed by atoms with Gasteiger partial charge in [0.1, 0.15) is 0 Å². The smallest absolute Gasteiger partial charge is 0.253 e. The molecule has 2 fully saturated rings. The second-order valence-corrected chi connectivity index (χ2v) is 7.11. The standard InChI is InChI=1S/C19H25N3O3/c1-13(2)18(24)21-9-11-22(12-10-21)19(25)15-5-7-16(8-6-15)20-17(23)14-3-4-14/h5-8,13-14H,3-4,9-12H2,1-2H3,(H,20,23). The molecule has 1 saturated heterocycles. The molecule has 3 rings (SSSR count). The third kappa shape index (κ3) is 4.18. The van der Waals surface area contributed by atoms with Gasteiger partial charge in [0.15, 0.2) is 0 Å². The summed E-state index contributed by atoms with van der Waals surface area (Å²) in [6.45, 7) is 6.05. The van der Waals surface area contributed by atoms with E-state index in [2.05, 4.69) is 5.32 Å². The number of nitrogens with one attached hydrogen (secondary N) is 1. The second-order valence-electron chi connectivity index (χ2n) is 7.11. The van der Waals surface area contributed by atoms with E-state index in [-0.39, 0.29) is 29.6 Å². The molecule has 0 bridgehead atoms. The molecule has 25 heavy (non-hydrogen) atoms. The molecule has 0 atom stereocenters. The molecule has 2 aliphatic rings. The summed E-state index contributed by atoms with van der Waals surface area (Å²) >= 11 is 0. The summed E-state index contributed by atoms with van der Waals surface area (Å²) in [6, 6.07) is 7.03. The number of benzene rings is 1. The van der Waals surface area contributed by atoms with E-state index in [1.807, 2.05) is 18.7 Å². The molecule has 6 heteroatoms. The molecule has 1 saturated carbocycles. The molecule has 0 radical (unpaired) electrons. The lowest BCUT2D eigenvalue weighted by atomic mass is 10.1. The van der Waals surface area contributed by atoms with Gasteiger partial charge in [-0.3, -0.25) is 14.4 Å². The fourth-order valence-corrected chi connectivity index (χ4v) is 2.96. The zero-order valence-corrected chi connectivity index (χ0v) is 14.8. The van der Waals surface area contributed by atoms with Crippen LogP contribution in [0.1, 0.15) is 37.0 Å². The van der Waals surface area contributed by atoms with Gasteiger partial charge in [0, 0.05) is 49.3 Å². The van der Waals surface area contributed by atoms with Crippen molar-refractivity contribution in [1.29, 1.82) is 0 Å². The molecule has 1 N–H and O–H groups in total. The van der Waals surface area contributed by atoms with Gasteiger partial charge < -0.3 is 15.1 Å². The maximum Gasteiger partial charge on any atom is 0.253 e. The molecule has 1 aliphatic carbocycles. The monoisotopic (exact) mass is 343 g/mol. The number of hydrogen-bond donors (Lipinski definition) is 1. The van der Waals surface area contributed by atoms with Gasteiger partial charge in [0.2, 0.25) is 11.8 Å². The van der Waals surface area contributed by atoms with Gasteiger partial charge in [0.25, 0.3) is 5.91 Å². The highest BCUT2D eigenvalue weighted by molar-refractivity contribution is 5.97. The highest BCUT2D eigenvalue weighted by atomic mass is 16.2. The molecular formula is C19H25N3O3. The first-order valence-corrected chi connectivity index (χ1v) is 8.94. The second kappa shape index (κ2) is 7.25. The van der Waals surface area contributed by atoms with Gasteiger partial charge in [-0.2, -0.15) is 0 Å². The van der Waals surface area contributed by atoms with Crippen molar-refractivity contribution < 1.29 is 14.4 Å². The molecule has 134 valence electrons. The molecule has 3 amide bonds. The minimum Gasteiger partial charge on any atom is -0.339 e. The van der Waals surface area contributed by atoms with Crippen LogP contribution in [0.5, 0.6) is 0 Å². The van der Waals surface area contributed by atoms with Gasteiger partial charge in [-0.1, -0.05) is 13.8 Å². The van der Waals surface area contributed by atoms with Crippen molar-refractivity contribution in [2.75, 3.05) is 31.5 Å². The summed E-state index contributed by atoms with van der Waals surface area (Å²) < 4.78 is 0. The first-order chi connectivity index (χ1) is 12.0. The summed E-state index contributed by atoms with van der Waals surface area (Å²) in [5, 5.41) is 2.87. The van der Waals surface area contributed by atoms with Crippen LogP contribution in [0.4, 0.5) is 5.69 Å². The number of nitrogens with zero attached hydrogens (tertiary/aromatic N) is 2. The van der Waals surface area contributed by atoms with Gasteiger partial charge in [-0.05, 0) is 37.1 Å². The van der Waals surface area contributed by atoms with Crippen molar-refractivity contribution >= 4 is 23.4 Å². The third-order valence-corrected chi connectivity index (χ3v) is 4.72. The van der Waals surface area contributed by atoms with E-state index in [0.717, 1.165) is 18.5 Å². The van der Waals surface area contributed by atoms with E-state index < -0.39 is 0 Å². The van der Waals surface area contributed by atoms with Crippen LogP contribution in [0.25, 0.3) is 0 Å². The molecular weight excluding hydrogens is 318 g/mol. The average Bonchev–Trinajstić information content (AvgIpc) is 3.46. The van der Waals surface area contributed by atoms with Crippen LogP contribution in [0, 0.1) is 11.8 Å². The van der Waals surface area contributed by atoms with E-state index in [1.54, 1.807) is 29.2 Å². The Balaban J connectivity index is 1.54. The van der Waals surface area contributed by atoms with Gasteiger partial charge in [-0.25, -0.2) is 0 Å². The maximum atomic E-state index is 12.6. The number of piperazine rings is 1. The molecule has 1 aromatic rings. The van der Waals surface area contributed by atoms with Crippen molar-refractivity contribution in [3.63, 3.8) is 0 Å². The molecule has 1 heterocycles. The summed E-state index contributed by atoms with van der Waals surface area (Å²) in [5.74, 6) is 0.316. The molecule has 0 unspecified atom stereocenters. The number of hydrogen-bond acceptors (Lipinski definition) is 3. The Kier molecular flexibility index (Phi) is 5.06. The average molecular weight is 343 g/mol. The maximum absolute atomic E-state index is 12.6. The third-order valence-electron chi connectivity index (χ3n) is 4.72. The lowest BCUT2D eigenvalue weighted by Crippen LogP contribution is -2.51. The van der Waals surface area contributed by atoms with Crippen LogP contribution in [0.3, 0.4) is 0 Å². The van der Waals surface area contributed by atoms with Crippen molar-refractivity contribution in [3.05, 3.63) is 29.8 Å². The van der Waals surface area contributed by atoms with Gasteiger partial charge >= 0.3 is 0 Å². The SMILES string of the molecule is CC(C)C(=O)N1CCN(C(=O)c2ccc(NC(=O)C3CC3)cc2)CC1. The van der Waals surface area contributed by atoms with Crippen LogP contribution in [0.2, 0.25) is 0 Å². The van der Waals surface area contributed by atoms with E-state index in [1.165, 1.54) is 0 Å². The molecule has 0 spiro atoms. The quantitative estimate of drug-likeness (QED) is 0.909. The van der Waals surface area contributed by atoms with Crippen LogP contribution in [-0.4, -0.2) is 53.7 Å². The highest BCUT2D eigenvalue weighted by Gasteiger charge is 2.29. The minimum atomic E-state index is -0.0308. The molecule has 6 nitrogen and oxygen atoms in total. The predicted molar refractivity (Wildman–Crippen MR) is 95.1 cm³/mol. The Labute approximate surface area is 148 Å². The summed E-state index contributed by atoms with van der Waals surface area (Å²) in [6.07, 6.45) is 1.93. The van der Waals surface area contributed by atoms with Crippen molar-refractivity contribution in [1.82, 2.24) is 9.80 Å². The van der Waals surface area contributed by atoms with E-state index >= 15 is 0 Å². The Morgan fingerprint density at radius 3 is 2.04 bits per heavy atom. The topological polar surface area (TPSA) is 69.7 Å². The zero-order valence-electron chi connectivity index (χ0n) is 14.8. The number of carbonyl (C=O) groups is 3. The van der Waals surface area contributed by atoms with E-state index in [0.29, 0.717) is 31.7 Å². The molecule has 0 aromatic heterocycles. The predicted octanol–water partition coefficient (Wildman–Crippen LogP) is 1.98. The normalized spacial score (nSPS) is 17.6. The minimum absolute atomic E-state index is 0.0133. The number of amides is 3. The summed E-state index contributed by atoms with van der Waals surface area (Å²) in [7, 11) is 0. The van der Waals surface area contributed by atoms with E-state index in [9.17, 15) is 14.4 Å².